The van der Waals surface area contributed by atoms with E-state index in [4.69, 9.17) is 0 Å². The molecular formula is C27H26Br2Zr. The van der Waals surface area contributed by atoms with E-state index >= 15 is 0 Å². The van der Waals surface area contributed by atoms with Gasteiger partial charge in [0.05, 0.1) is 0 Å². The van der Waals surface area contributed by atoms with Crippen LogP contribution in [0.2, 0.25) is 3.63 Å². The molecule has 2 aromatic carbocycles. The molecular weight excluding hydrogens is 575 g/mol. The first-order valence-electron chi connectivity index (χ1n) is 10.5. The third-order valence-corrected chi connectivity index (χ3v) is 15.0. The third kappa shape index (κ3) is 4.79. The van der Waals surface area contributed by atoms with Gasteiger partial charge >= 0.3 is 177 Å². The predicted octanol–water partition coefficient (Wildman–Crippen LogP) is 0.810. The van der Waals surface area contributed by atoms with Crippen molar-refractivity contribution in [1.82, 2.24) is 0 Å². The van der Waals surface area contributed by atoms with E-state index in [1.165, 1.54) is 36.8 Å². The SMILES string of the molecule is C1=CC[C]([Zr+2](=[C](c2ccccc2)c2ccccc2)[CH]2CCC3CC=CC=C32)=C1.[Br-].[Br-]. The van der Waals surface area contributed by atoms with Crippen LogP contribution < -0.4 is 34.0 Å². The fourth-order valence-corrected chi connectivity index (χ4v) is 14.5. The van der Waals surface area contributed by atoms with Crippen molar-refractivity contribution in [1.29, 1.82) is 0 Å². The Kier molecular flexibility index (Phi) is 8.81. The Morgan fingerprint density at radius 1 is 0.733 bits per heavy atom. The molecule has 2 unspecified atom stereocenters. The molecule has 3 aliphatic carbocycles. The van der Waals surface area contributed by atoms with Gasteiger partial charge in [-0.05, 0) is 0 Å². The van der Waals surface area contributed by atoms with Crippen molar-refractivity contribution in [3.63, 3.8) is 0 Å². The van der Waals surface area contributed by atoms with Gasteiger partial charge in [-0.1, -0.05) is 0 Å². The topological polar surface area (TPSA) is 0 Å². The zero-order valence-electron chi connectivity index (χ0n) is 17.0. The summed E-state index contributed by atoms with van der Waals surface area (Å²) in [5.74, 6) is 0.799. The van der Waals surface area contributed by atoms with Crippen LogP contribution in [0, 0.1) is 5.92 Å². The summed E-state index contributed by atoms with van der Waals surface area (Å²) >= 11 is -2.15. The molecule has 3 aliphatic rings. The first kappa shape index (κ1) is 23.8. The average molecular weight is 602 g/mol. The van der Waals surface area contributed by atoms with Crippen molar-refractivity contribution < 1.29 is 55.2 Å². The van der Waals surface area contributed by atoms with E-state index in [0.717, 1.165) is 9.54 Å². The monoisotopic (exact) mass is 598 g/mol. The summed E-state index contributed by atoms with van der Waals surface area (Å²) in [5.41, 5.74) is 4.67. The number of hydrogen-bond donors (Lipinski definition) is 0. The largest absolute Gasteiger partial charge is 1.00 e. The van der Waals surface area contributed by atoms with Gasteiger partial charge < -0.3 is 34.0 Å². The van der Waals surface area contributed by atoms with Crippen molar-refractivity contribution in [2.45, 2.75) is 29.3 Å². The fourth-order valence-electron chi connectivity index (χ4n) is 5.12. The van der Waals surface area contributed by atoms with Crippen LogP contribution in [0.1, 0.15) is 36.8 Å². The maximum atomic E-state index is 2.48. The van der Waals surface area contributed by atoms with Gasteiger partial charge in [0.2, 0.25) is 0 Å². The second-order valence-corrected chi connectivity index (χ2v) is 14.6. The minimum Gasteiger partial charge on any atom is -1.00 e. The minimum absolute atomic E-state index is 0. The minimum atomic E-state index is -2.15. The summed E-state index contributed by atoms with van der Waals surface area (Å²) in [6.07, 6.45) is 19.5. The van der Waals surface area contributed by atoms with Crippen molar-refractivity contribution in [3.8, 4) is 0 Å². The zero-order chi connectivity index (χ0) is 18.8. The second kappa shape index (κ2) is 11.1. The molecule has 0 spiro atoms. The van der Waals surface area contributed by atoms with Crippen molar-refractivity contribution >= 4 is 3.21 Å². The standard InChI is InChI=1S/C13H10.C9H11.C5H5.2BrH.Zr/c1-3-7-12(8-4-1)11-13-9-5-2-6-10-13;1-2-5-9-7-3-6-8(9)4-1;1-2-4-5-3-1;;;/h1-10H;1-2,4,6,9H,3,5,7H2;1-3H,4H2;2*1H;/q;;;;;+2/p-2. The van der Waals surface area contributed by atoms with Gasteiger partial charge in [-0.2, -0.15) is 0 Å². The van der Waals surface area contributed by atoms with Crippen LogP contribution in [0.5, 0.6) is 0 Å². The van der Waals surface area contributed by atoms with E-state index in [0.29, 0.717) is 0 Å². The van der Waals surface area contributed by atoms with Gasteiger partial charge in [0.15, 0.2) is 0 Å². The molecule has 0 heterocycles. The molecule has 0 N–H and O–H groups in total. The molecule has 3 heteroatoms. The molecule has 2 aromatic rings. The van der Waals surface area contributed by atoms with E-state index in [-0.39, 0.29) is 34.0 Å². The van der Waals surface area contributed by atoms with Crippen LogP contribution in [0.25, 0.3) is 0 Å². The number of fused-ring (bicyclic) bond motifs is 1. The maximum Gasteiger partial charge on any atom is -1.00 e. The third-order valence-electron chi connectivity index (χ3n) is 6.38. The van der Waals surface area contributed by atoms with Gasteiger partial charge in [-0.3, -0.25) is 0 Å². The average Bonchev–Trinajstić information content (AvgIpc) is 3.44. The first-order chi connectivity index (χ1) is 13.9. The Morgan fingerprint density at radius 2 is 1.37 bits per heavy atom. The Bertz CT molecular complexity index is 972. The van der Waals surface area contributed by atoms with Crippen molar-refractivity contribution in [2.24, 2.45) is 5.92 Å². The van der Waals surface area contributed by atoms with Crippen LogP contribution in [-0.4, -0.2) is 3.21 Å². The Hall–Kier alpha value is -0.887. The number of hydrogen-bond acceptors (Lipinski definition) is 0. The van der Waals surface area contributed by atoms with Crippen LogP contribution >= 0.6 is 0 Å². The normalized spacial score (nSPS) is 20.8. The van der Waals surface area contributed by atoms with Crippen LogP contribution in [0.15, 0.2) is 106 Å². The molecule has 0 aromatic heterocycles. The summed E-state index contributed by atoms with van der Waals surface area (Å²) < 4.78 is 4.27. The van der Waals surface area contributed by atoms with Crippen LogP contribution in [-0.2, 0) is 21.3 Å². The smallest absolute Gasteiger partial charge is 1.00 e. The van der Waals surface area contributed by atoms with E-state index in [9.17, 15) is 0 Å². The molecule has 0 aliphatic heterocycles. The molecule has 0 bridgehead atoms. The molecule has 0 amide bonds. The number of halogens is 2. The second-order valence-electron chi connectivity index (χ2n) is 8.00. The molecule has 1 fully saturated rings. The van der Waals surface area contributed by atoms with E-state index in [1.807, 2.05) is 0 Å². The van der Waals surface area contributed by atoms with Gasteiger partial charge in [-0.25, -0.2) is 0 Å². The maximum absolute atomic E-state index is 2.48. The first-order valence-corrected chi connectivity index (χ1v) is 14.4. The number of benzene rings is 2. The van der Waals surface area contributed by atoms with E-state index < -0.39 is 21.3 Å². The summed E-state index contributed by atoms with van der Waals surface area (Å²) in [5, 5.41) is 0. The summed E-state index contributed by atoms with van der Waals surface area (Å²) in [6, 6.07) is 22.5. The molecule has 1 saturated carbocycles. The van der Waals surface area contributed by atoms with E-state index in [2.05, 4.69) is 97.1 Å². The van der Waals surface area contributed by atoms with E-state index in [1.54, 1.807) is 12.1 Å². The van der Waals surface area contributed by atoms with Crippen molar-refractivity contribution in [3.05, 3.63) is 117 Å². The quantitative estimate of drug-likeness (QED) is 0.487. The molecule has 0 radical (unpaired) electrons. The van der Waals surface area contributed by atoms with Crippen LogP contribution in [0.3, 0.4) is 0 Å². The Labute approximate surface area is 209 Å². The van der Waals surface area contributed by atoms with Crippen LogP contribution in [0.4, 0.5) is 0 Å². The molecule has 5 rings (SSSR count). The van der Waals surface area contributed by atoms with Gasteiger partial charge in [-0.15, -0.1) is 0 Å². The molecule has 0 nitrogen and oxygen atoms in total. The number of allylic oxidation sites excluding steroid dienone is 8. The Balaban J connectivity index is 0.00000128. The summed E-state index contributed by atoms with van der Waals surface area (Å²) in [4.78, 5) is 0. The molecule has 152 valence electrons. The van der Waals surface area contributed by atoms with Gasteiger partial charge in [0.1, 0.15) is 0 Å². The number of rotatable bonds is 4. The summed E-state index contributed by atoms with van der Waals surface area (Å²) in [6.45, 7) is 0. The summed E-state index contributed by atoms with van der Waals surface area (Å²) in [7, 11) is 0. The Morgan fingerprint density at radius 3 is 1.97 bits per heavy atom. The molecule has 30 heavy (non-hydrogen) atoms. The van der Waals surface area contributed by atoms with Gasteiger partial charge in [0.25, 0.3) is 0 Å². The molecule has 2 atom stereocenters. The predicted molar refractivity (Wildman–Crippen MR) is 116 cm³/mol. The van der Waals surface area contributed by atoms with Crippen molar-refractivity contribution in [2.75, 3.05) is 0 Å². The zero-order valence-corrected chi connectivity index (χ0v) is 22.6. The fraction of sp³-hybridized carbons (Fsp3) is 0.222. The molecule has 0 saturated heterocycles. The van der Waals surface area contributed by atoms with Gasteiger partial charge in [0, 0.05) is 0 Å².